The van der Waals surface area contributed by atoms with Gasteiger partial charge in [0.15, 0.2) is 11.5 Å². The molecule has 0 bridgehead atoms. The quantitative estimate of drug-likeness (QED) is 0.536. The number of H-pyrrole nitrogens is 1. The van der Waals surface area contributed by atoms with E-state index >= 15 is 0 Å². The SMILES string of the molecule is Nc1ncnc2nc(S(=O)(=O)Cc3csc(Cc4ccccc4)n3)[nH]c12. The van der Waals surface area contributed by atoms with Crippen LogP contribution in [0.25, 0.3) is 11.2 Å². The van der Waals surface area contributed by atoms with Crippen molar-refractivity contribution in [2.24, 2.45) is 0 Å². The number of sulfone groups is 1. The average Bonchev–Trinajstić information content (AvgIpc) is 3.23. The monoisotopic (exact) mass is 386 g/mol. The summed E-state index contributed by atoms with van der Waals surface area (Å²) in [5.41, 5.74) is 7.86. The van der Waals surface area contributed by atoms with Gasteiger partial charge in [-0.2, -0.15) is 4.98 Å². The van der Waals surface area contributed by atoms with Crippen LogP contribution in [0.4, 0.5) is 5.82 Å². The van der Waals surface area contributed by atoms with Crippen LogP contribution in [0.3, 0.4) is 0 Å². The van der Waals surface area contributed by atoms with Crippen molar-refractivity contribution < 1.29 is 8.42 Å². The van der Waals surface area contributed by atoms with Gasteiger partial charge in [0.1, 0.15) is 17.6 Å². The highest BCUT2D eigenvalue weighted by Crippen LogP contribution is 2.21. The van der Waals surface area contributed by atoms with Crippen molar-refractivity contribution in [1.29, 1.82) is 0 Å². The van der Waals surface area contributed by atoms with E-state index in [-0.39, 0.29) is 22.4 Å². The summed E-state index contributed by atoms with van der Waals surface area (Å²) < 4.78 is 25.3. The van der Waals surface area contributed by atoms with E-state index < -0.39 is 9.84 Å². The van der Waals surface area contributed by atoms with Crippen molar-refractivity contribution in [3.8, 4) is 0 Å². The van der Waals surface area contributed by atoms with Gasteiger partial charge in [-0.25, -0.2) is 23.4 Å². The molecule has 0 unspecified atom stereocenters. The van der Waals surface area contributed by atoms with Crippen LogP contribution < -0.4 is 5.73 Å². The van der Waals surface area contributed by atoms with Crippen molar-refractivity contribution >= 4 is 38.2 Å². The molecule has 4 rings (SSSR count). The molecule has 8 nitrogen and oxygen atoms in total. The second-order valence-corrected chi connectivity index (χ2v) is 8.50. The highest BCUT2D eigenvalue weighted by Gasteiger charge is 2.22. The Hall–Kier alpha value is -2.85. The summed E-state index contributed by atoms with van der Waals surface area (Å²) in [5, 5.41) is 2.44. The Morgan fingerprint density at radius 3 is 2.69 bits per heavy atom. The number of imidazole rings is 1. The molecule has 0 amide bonds. The largest absolute Gasteiger partial charge is 0.382 e. The Kier molecular flexibility index (Phi) is 4.13. The van der Waals surface area contributed by atoms with Crippen LogP contribution in [0.2, 0.25) is 0 Å². The molecular formula is C16H14N6O2S2. The van der Waals surface area contributed by atoms with Crippen molar-refractivity contribution in [2.45, 2.75) is 17.3 Å². The number of aromatic amines is 1. The van der Waals surface area contributed by atoms with Crippen LogP contribution in [0.1, 0.15) is 16.3 Å². The van der Waals surface area contributed by atoms with Gasteiger partial charge in [-0.1, -0.05) is 30.3 Å². The Morgan fingerprint density at radius 1 is 1.12 bits per heavy atom. The average molecular weight is 386 g/mol. The van der Waals surface area contributed by atoms with Crippen LogP contribution in [0.5, 0.6) is 0 Å². The number of nitrogens with one attached hydrogen (secondary N) is 1. The van der Waals surface area contributed by atoms with E-state index in [1.54, 1.807) is 5.38 Å². The molecule has 0 aliphatic heterocycles. The maximum absolute atomic E-state index is 12.6. The van der Waals surface area contributed by atoms with Crippen LogP contribution in [-0.2, 0) is 22.0 Å². The van der Waals surface area contributed by atoms with Crippen LogP contribution in [-0.4, -0.2) is 33.3 Å². The molecule has 3 aromatic heterocycles. The van der Waals surface area contributed by atoms with Crippen molar-refractivity contribution in [3.63, 3.8) is 0 Å². The smallest absolute Gasteiger partial charge is 0.228 e. The fraction of sp³-hybridized carbons (Fsp3) is 0.125. The van der Waals surface area contributed by atoms with Gasteiger partial charge in [-0.3, -0.25) is 0 Å². The standard InChI is InChI=1S/C16H14N6O2S2/c17-14-13-15(19-9-18-14)22-16(21-13)26(23,24)8-11-7-25-12(20-11)6-10-4-2-1-3-5-10/h1-5,7,9H,6,8H2,(H3,17,18,19,21,22). The van der Waals surface area contributed by atoms with Gasteiger partial charge in [0.05, 0.1) is 10.7 Å². The molecular weight excluding hydrogens is 372 g/mol. The molecule has 132 valence electrons. The number of fused-ring (bicyclic) bond motifs is 1. The lowest BCUT2D eigenvalue weighted by Gasteiger charge is -1.98. The summed E-state index contributed by atoms with van der Waals surface area (Å²) in [4.78, 5) is 18.9. The second-order valence-electron chi connectivity index (χ2n) is 5.65. The summed E-state index contributed by atoms with van der Waals surface area (Å²) >= 11 is 1.44. The molecule has 26 heavy (non-hydrogen) atoms. The molecule has 0 aliphatic rings. The molecule has 0 atom stereocenters. The first-order valence-electron chi connectivity index (χ1n) is 7.67. The molecule has 10 heteroatoms. The zero-order valence-corrected chi connectivity index (χ0v) is 15.1. The molecule has 0 spiro atoms. The number of anilines is 1. The molecule has 1 aromatic carbocycles. The third-order valence-corrected chi connectivity index (χ3v) is 6.08. The van der Waals surface area contributed by atoms with E-state index in [2.05, 4.69) is 24.9 Å². The number of hydrogen-bond donors (Lipinski definition) is 2. The van der Waals surface area contributed by atoms with Crippen LogP contribution in [0, 0.1) is 0 Å². The fourth-order valence-electron chi connectivity index (χ4n) is 2.50. The van der Waals surface area contributed by atoms with Crippen molar-refractivity contribution in [3.05, 3.63) is 58.3 Å². The lowest BCUT2D eigenvalue weighted by Crippen LogP contribution is -2.07. The maximum atomic E-state index is 12.6. The number of aromatic nitrogens is 5. The first kappa shape index (κ1) is 16.6. The number of nitrogen functional groups attached to an aromatic ring is 1. The van der Waals surface area contributed by atoms with Gasteiger partial charge in [-0.15, -0.1) is 11.3 Å². The molecule has 3 heterocycles. The number of nitrogens with two attached hydrogens (primary N) is 1. The second kappa shape index (κ2) is 6.46. The van der Waals surface area contributed by atoms with E-state index in [1.807, 2.05) is 30.3 Å². The van der Waals surface area contributed by atoms with Gasteiger partial charge >= 0.3 is 0 Å². The fourth-order valence-corrected chi connectivity index (χ4v) is 4.59. The van der Waals surface area contributed by atoms with E-state index in [0.29, 0.717) is 17.6 Å². The Labute approximate surface area is 153 Å². The predicted molar refractivity (Wildman–Crippen MR) is 98.3 cm³/mol. The summed E-state index contributed by atoms with van der Waals surface area (Å²) in [6.45, 7) is 0. The number of thiazole rings is 1. The maximum Gasteiger partial charge on any atom is 0.228 e. The van der Waals surface area contributed by atoms with Crippen molar-refractivity contribution in [1.82, 2.24) is 24.9 Å². The van der Waals surface area contributed by atoms with E-state index in [0.717, 1.165) is 10.6 Å². The third-order valence-electron chi connectivity index (χ3n) is 3.73. The van der Waals surface area contributed by atoms with Gasteiger partial charge in [0.2, 0.25) is 15.0 Å². The summed E-state index contributed by atoms with van der Waals surface area (Å²) in [5.74, 6) is -0.0893. The molecule has 0 saturated heterocycles. The summed E-state index contributed by atoms with van der Waals surface area (Å²) in [6, 6.07) is 9.90. The van der Waals surface area contributed by atoms with E-state index in [1.165, 1.54) is 17.7 Å². The molecule has 4 aromatic rings. The number of nitrogens with zero attached hydrogens (tertiary/aromatic N) is 4. The Morgan fingerprint density at radius 2 is 1.92 bits per heavy atom. The first-order valence-corrected chi connectivity index (χ1v) is 10.2. The van der Waals surface area contributed by atoms with Crippen LogP contribution >= 0.6 is 11.3 Å². The molecule has 0 aliphatic carbocycles. The topological polar surface area (TPSA) is 128 Å². The van der Waals surface area contributed by atoms with Gasteiger partial charge in [0, 0.05) is 11.8 Å². The summed E-state index contributed by atoms with van der Waals surface area (Å²) in [7, 11) is -3.70. The normalized spacial score (nSPS) is 11.8. The van der Waals surface area contributed by atoms with Gasteiger partial charge in [0.25, 0.3) is 0 Å². The Balaban J connectivity index is 1.57. The zero-order valence-electron chi connectivity index (χ0n) is 13.5. The highest BCUT2D eigenvalue weighted by molar-refractivity contribution is 7.90. The minimum absolute atomic E-state index is 0.155. The lowest BCUT2D eigenvalue weighted by molar-refractivity contribution is 0.588. The number of rotatable bonds is 5. The van der Waals surface area contributed by atoms with Gasteiger partial charge < -0.3 is 10.7 Å². The van der Waals surface area contributed by atoms with E-state index in [4.69, 9.17) is 5.73 Å². The van der Waals surface area contributed by atoms with E-state index in [9.17, 15) is 8.42 Å². The minimum atomic E-state index is -3.70. The molecule has 0 saturated carbocycles. The lowest BCUT2D eigenvalue weighted by atomic mass is 10.2. The molecule has 0 fully saturated rings. The third kappa shape index (κ3) is 3.28. The molecule has 3 N–H and O–H groups in total. The number of hydrogen-bond acceptors (Lipinski definition) is 8. The highest BCUT2D eigenvalue weighted by atomic mass is 32.2. The Bertz CT molecular complexity index is 1170. The number of benzene rings is 1. The first-order chi connectivity index (χ1) is 12.5. The molecule has 0 radical (unpaired) electrons. The van der Waals surface area contributed by atoms with Crippen molar-refractivity contribution in [2.75, 3.05) is 5.73 Å². The minimum Gasteiger partial charge on any atom is -0.382 e. The van der Waals surface area contributed by atoms with Gasteiger partial charge in [-0.05, 0) is 5.56 Å². The summed E-state index contributed by atoms with van der Waals surface area (Å²) in [6.07, 6.45) is 1.91. The zero-order chi connectivity index (χ0) is 18.1. The predicted octanol–water partition coefficient (Wildman–Crippen LogP) is 1.96. The van der Waals surface area contributed by atoms with Crippen LogP contribution in [0.15, 0.2) is 47.2 Å².